The van der Waals surface area contributed by atoms with E-state index in [-0.39, 0.29) is 29.9 Å². The number of nitrogens with one attached hydrogen (secondary N) is 2. The number of guanidine groups is 1. The van der Waals surface area contributed by atoms with Crippen LogP contribution in [0.2, 0.25) is 0 Å². The summed E-state index contributed by atoms with van der Waals surface area (Å²) in [5, 5.41) is 6.15. The first-order valence-corrected chi connectivity index (χ1v) is 8.47. The summed E-state index contributed by atoms with van der Waals surface area (Å²) in [6, 6.07) is 17.8. The van der Waals surface area contributed by atoms with Crippen LogP contribution in [0.25, 0.3) is 0 Å². The molecule has 2 N–H and O–H groups in total. The largest absolute Gasteiger partial charge is 0.352 e. The van der Waals surface area contributed by atoms with E-state index in [0.717, 1.165) is 11.5 Å². The van der Waals surface area contributed by atoms with Crippen molar-refractivity contribution < 1.29 is 4.79 Å². The predicted molar refractivity (Wildman–Crippen MR) is 118 cm³/mol. The summed E-state index contributed by atoms with van der Waals surface area (Å²) in [4.78, 5) is 18.4. The van der Waals surface area contributed by atoms with Crippen molar-refractivity contribution in [3.8, 4) is 0 Å². The van der Waals surface area contributed by atoms with Crippen molar-refractivity contribution in [2.45, 2.75) is 20.0 Å². The van der Waals surface area contributed by atoms with E-state index < -0.39 is 0 Å². The third-order valence-electron chi connectivity index (χ3n) is 3.68. The van der Waals surface area contributed by atoms with Gasteiger partial charge in [0.2, 0.25) is 0 Å². The van der Waals surface area contributed by atoms with Gasteiger partial charge in [0.1, 0.15) is 0 Å². The number of aliphatic imine (C=N–C) groups is 1. The van der Waals surface area contributed by atoms with Crippen LogP contribution in [0.3, 0.4) is 0 Å². The van der Waals surface area contributed by atoms with Gasteiger partial charge in [0.05, 0.1) is 6.54 Å². The van der Waals surface area contributed by atoms with Crippen LogP contribution in [-0.4, -0.2) is 37.4 Å². The highest BCUT2D eigenvalue weighted by Crippen LogP contribution is 2.05. The van der Waals surface area contributed by atoms with Crippen molar-refractivity contribution in [3.05, 3.63) is 71.3 Å². The molecule has 1 amide bonds. The van der Waals surface area contributed by atoms with Crippen LogP contribution in [0.4, 0.5) is 0 Å². The first-order valence-electron chi connectivity index (χ1n) is 8.47. The van der Waals surface area contributed by atoms with Crippen molar-refractivity contribution in [2.24, 2.45) is 4.99 Å². The van der Waals surface area contributed by atoms with Gasteiger partial charge in [-0.05, 0) is 30.2 Å². The lowest BCUT2D eigenvalue weighted by Crippen LogP contribution is -2.36. The van der Waals surface area contributed by atoms with Crippen LogP contribution in [0.1, 0.15) is 28.4 Å². The lowest BCUT2D eigenvalue weighted by Gasteiger charge is -2.18. The zero-order valence-electron chi connectivity index (χ0n) is 15.5. The van der Waals surface area contributed by atoms with Crippen LogP contribution in [0.15, 0.2) is 59.6 Å². The summed E-state index contributed by atoms with van der Waals surface area (Å²) < 4.78 is 0. The molecule has 0 aliphatic heterocycles. The minimum atomic E-state index is -0.0413. The van der Waals surface area contributed by atoms with Gasteiger partial charge in [-0.3, -0.25) is 4.79 Å². The molecule has 26 heavy (non-hydrogen) atoms. The first kappa shape index (κ1) is 22.0. The Morgan fingerprint density at radius 1 is 0.962 bits per heavy atom. The van der Waals surface area contributed by atoms with Crippen LogP contribution >= 0.6 is 24.0 Å². The molecule has 0 radical (unpaired) electrons. The van der Waals surface area contributed by atoms with E-state index in [1.165, 1.54) is 5.56 Å². The average molecular weight is 466 g/mol. The maximum atomic E-state index is 11.8. The number of carbonyl (C=O) groups is 1. The van der Waals surface area contributed by atoms with Gasteiger partial charge in [-0.1, -0.05) is 42.5 Å². The molecule has 0 spiro atoms. The Kier molecular flexibility index (Phi) is 9.72. The fourth-order valence-corrected chi connectivity index (χ4v) is 2.32. The summed E-state index contributed by atoms with van der Waals surface area (Å²) in [6.07, 6.45) is 0. The monoisotopic (exact) mass is 466 g/mol. The molecule has 2 rings (SSSR count). The van der Waals surface area contributed by atoms with E-state index in [1.807, 2.05) is 68.4 Å². The topological polar surface area (TPSA) is 56.7 Å². The maximum absolute atomic E-state index is 11.8. The molecule has 0 bridgehead atoms. The fraction of sp³-hybridized carbons (Fsp3) is 0.300. The predicted octanol–water partition coefficient (Wildman–Crippen LogP) is 3.26. The summed E-state index contributed by atoms with van der Waals surface area (Å²) in [5.74, 6) is 0.789. The molecule has 0 aliphatic rings. The second-order valence-corrected chi connectivity index (χ2v) is 5.93. The van der Waals surface area contributed by atoms with Gasteiger partial charge in [0, 0.05) is 32.7 Å². The molecule has 0 atom stereocenters. The molecule has 0 unspecified atom stereocenters. The van der Waals surface area contributed by atoms with E-state index in [9.17, 15) is 4.79 Å². The van der Waals surface area contributed by atoms with Crippen LogP contribution in [0.5, 0.6) is 0 Å². The number of carbonyl (C=O) groups excluding carboxylic acids is 1. The molecule has 0 aliphatic carbocycles. The van der Waals surface area contributed by atoms with Crippen LogP contribution in [0, 0.1) is 0 Å². The molecule has 0 saturated heterocycles. The highest BCUT2D eigenvalue weighted by Gasteiger charge is 2.05. The molecule has 0 fully saturated rings. The molecule has 0 saturated carbocycles. The maximum Gasteiger partial charge on any atom is 0.251 e. The van der Waals surface area contributed by atoms with Gasteiger partial charge < -0.3 is 15.5 Å². The standard InChI is InChI=1S/C20H26N4O.HI/c1-4-21-19(25)18-12-10-17(11-13-18)15-23-20(24(2)3)22-14-16-8-6-5-7-9-16;/h5-13H,4,14-15H2,1-3H3,(H,21,25)(H,22,23);1H. The number of hydrogen-bond donors (Lipinski definition) is 2. The van der Waals surface area contributed by atoms with Gasteiger partial charge in [-0.25, -0.2) is 4.99 Å². The van der Waals surface area contributed by atoms with Crippen molar-refractivity contribution in [1.29, 1.82) is 0 Å². The lowest BCUT2D eigenvalue weighted by atomic mass is 10.1. The zero-order valence-corrected chi connectivity index (χ0v) is 17.9. The van der Waals surface area contributed by atoms with E-state index >= 15 is 0 Å². The van der Waals surface area contributed by atoms with Crippen LogP contribution < -0.4 is 10.6 Å². The first-order chi connectivity index (χ1) is 12.1. The number of benzene rings is 2. The zero-order chi connectivity index (χ0) is 18.1. The number of nitrogens with zero attached hydrogens (tertiary/aromatic N) is 2. The highest BCUT2D eigenvalue weighted by molar-refractivity contribution is 14.0. The molecule has 5 nitrogen and oxygen atoms in total. The normalized spacial score (nSPS) is 10.7. The third-order valence-corrected chi connectivity index (χ3v) is 3.68. The molecular formula is C20H27IN4O. The summed E-state index contributed by atoms with van der Waals surface area (Å²) in [5.41, 5.74) is 2.95. The Morgan fingerprint density at radius 3 is 2.19 bits per heavy atom. The van der Waals surface area contributed by atoms with Crippen molar-refractivity contribution in [1.82, 2.24) is 15.5 Å². The molecule has 0 aromatic heterocycles. The Bertz CT molecular complexity index is 700. The summed E-state index contributed by atoms with van der Waals surface area (Å²) in [6.45, 7) is 3.83. The molecule has 0 heterocycles. The second-order valence-electron chi connectivity index (χ2n) is 5.93. The van der Waals surface area contributed by atoms with Gasteiger partial charge in [-0.15, -0.1) is 24.0 Å². The lowest BCUT2D eigenvalue weighted by molar-refractivity contribution is 0.0956. The van der Waals surface area contributed by atoms with E-state index in [0.29, 0.717) is 25.2 Å². The molecule has 2 aromatic rings. The smallest absolute Gasteiger partial charge is 0.251 e. The molecule has 6 heteroatoms. The fourth-order valence-electron chi connectivity index (χ4n) is 2.32. The van der Waals surface area contributed by atoms with Gasteiger partial charge in [-0.2, -0.15) is 0 Å². The van der Waals surface area contributed by atoms with Gasteiger partial charge in [0.15, 0.2) is 5.96 Å². The van der Waals surface area contributed by atoms with Crippen molar-refractivity contribution in [3.63, 3.8) is 0 Å². The van der Waals surface area contributed by atoms with E-state index in [1.54, 1.807) is 0 Å². The van der Waals surface area contributed by atoms with Gasteiger partial charge in [0.25, 0.3) is 5.91 Å². The molecular weight excluding hydrogens is 439 g/mol. The molecule has 140 valence electrons. The quantitative estimate of drug-likeness (QED) is 0.391. The Morgan fingerprint density at radius 2 is 1.62 bits per heavy atom. The summed E-state index contributed by atoms with van der Waals surface area (Å²) in [7, 11) is 3.93. The number of halogens is 1. The Labute approximate surface area is 172 Å². The Hall–Kier alpha value is -2.09. The minimum Gasteiger partial charge on any atom is -0.352 e. The van der Waals surface area contributed by atoms with E-state index in [2.05, 4.69) is 27.8 Å². The third kappa shape index (κ3) is 7.03. The number of amides is 1. The minimum absolute atomic E-state index is 0. The van der Waals surface area contributed by atoms with E-state index in [4.69, 9.17) is 0 Å². The van der Waals surface area contributed by atoms with Crippen molar-refractivity contribution in [2.75, 3.05) is 20.6 Å². The second kappa shape index (κ2) is 11.5. The summed E-state index contributed by atoms with van der Waals surface area (Å²) >= 11 is 0. The molecule has 2 aromatic carbocycles. The van der Waals surface area contributed by atoms with Crippen molar-refractivity contribution >= 4 is 35.8 Å². The van der Waals surface area contributed by atoms with Crippen LogP contribution in [-0.2, 0) is 13.1 Å². The highest BCUT2D eigenvalue weighted by atomic mass is 127. The average Bonchev–Trinajstić information content (AvgIpc) is 2.63. The number of rotatable bonds is 6. The van der Waals surface area contributed by atoms with Gasteiger partial charge >= 0.3 is 0 Å². The SMILES string of the molecule is CCNC(=O)c1ccc(CNC(=NCc2ccccc2)N(C)C)cc1.I. The number of hydrogen-bond acceptors (Lipinski definition) is 2. The Balaban J connectivity index is 0.00000338.